The molecule has 6 heteroatoms. The summed E-state index contributed by atoms with van der Waals surface area (Å²) in [6.45, 7) is 4.81. The summed E-state index contributed by atoms with van der Waals surface area (Å²) >= 11 is 0. The number of nitrogens with zero attached hydrogens (tertiary/aromatic N) is 3. The molecule has 2 heterocycles. The fraction of sp³-hybridized carbons (Fsp3) is 0.500. The zero-order chi connectivity index (χ0) is 17.1. The van der Waals surface area contributed by atoms with Crippen LogP contribution in [0.3, 0.4) is 0 Å². The molecule has 0 aliphatic carbocycles. The van der Waals surface area contributed by atoms with E-state index in [4.69, 9.17) is 10.3 Å². The molecular weight excluding hydrogens is 304 g/mol. The van der Waals surface area contributed by atoms with Crippen LogP contribution in [0.2, 0.25) is 0 Å². The van der Waals surface area contributed by atoms with Crippen molar-refractivity contribution in [2.75, 3.05) is 4.90 Å². The second-order valence-electron chi connectivity index (χ2n) is 6.43. The third-order valence-electron chi connectivity index (χ3n) is 4.64. The number of para-hydroxylation sites is 1. The van der Waals surface area contributed by atoms with Gasteiger partial charge in [-0.15, -0.1) is 0 Å². The van der Waals surface area contributed by atoms with Crippen molar-refractivity contribution in [3.63, 3.8) is 0 Å². The molecule has 2 N–H and O–H groups in total. The van der Waals surface area contributed by atoms with Gasteiger partial charge in [-0.2, -0.15) is 4.98 Å². The highest BCUT2D eigenvalue weighted by atomic mass is 16.5. The van der Waals surface area contributed by atoms with Gasteiger partial charge >= 0.3 is 0 Å². The standard InChI is InChI=1S/C18H24N4O2/c1-3-4-9-17-20-16(21-24-17)11-22-12(2)10-14(18(19)23)13-7-5-6-8-15(13)22/h5-8,12,14H,3-4,9-11H2,1-2H3,(H2,19,23). The smallest absolute Gasteiger partial charge is 0.226 e. The number of aryl methyl sites for hydroxylation is 1. The molecule has 0 saturated carbocycles. The predicted octanol–water partition coefficient (Wildman–Crippen LogP) is 2.78. The van der Waals surface area contributed by atoms with Crippen LogP contribution in [0.5, 0.6) is 0 Å². The third-order valence-corrected chi connectivity index (χ3v) is 4.64. The number of aromatic nitrogens is 2. The number of hydrogen-bond donors (Lipinski definition) is 1. The van der Waals surface area contributed by atoms with Crippen molar-refractivity contribution < 1.29 is 9.32 Å². The minimum atomic E-state index is -0.268. The Labute approximate surface area is 142 Å². The topological polar surface area (TPSA) is 85.3 Å². The van der Waals surface area contributed by atoms with Crippen molar-refractivity contribution >= 4 is 11.6 Å². The monoisotopic (exact) mass is 328 g/mol. The molecule has 1 amide bonds. The normalized spacial score (nSPS) is 20.0. The maximum Gasteiger partial charge on any atom is 0.226 e. The van der Waals surface area contributed by atoms with Gasteiger partial charge in [0.05, 0.1) is 12.5 Å². The lowest BCUT2D eigenvalue weighted by Gasteiger charge is -2.39. The van der Waals surface area contributed by atoms with Crippen LogP contribution in [-0.2, 0) is 17.8 Å². The number of primary amides is 1. The van der Waals surface area contributed by atoms with Gasteiger partial charge in [-0.3, -0.25) is 4.79 Å². The lowest BCUT2D eigenvalue weighted by Crippen LogP contribution is -2.41. The van der Waals surface area contributed by atoms with Crippen LogP contribution in [0.1, 0.15) is 56.3 Å². The van der Waals surface area contributed by atoms with Gasteiger partial charge in [0.2, 0.25) is 11.8 Å². The van der Waals surface area contributed by atoms with E-state index in [1.807, 2.05) is 24.3 Å². The molecule has 0 bridgehead atoms. The number of amides is 1. The molecule has 1 aliphatic rings. The summed E-state index contributed by atoms with van der Waals surface area (Å²) in [6, 6.07) is 8.10. The maximum atomic E-state index is 11.8. The zero-order valence-corrected chi connectivity index (χ0v) is 14.2. The van der Waals surface area contributed by atoms with E-state index in [9.17, 15) is 4.79 Å². The van der Waals surface area contributed by atoms with Gasteiger partial charge < -0.3 is 15.2 Å². The van der Waals surface area contributed by atoms with Gasteiger partial charge in [-0.05, 0) is 31.4 Å². The van der Waals surface area contributed by atoms with Gasteiger partial charge in [0, 0.05) is 18.2 Å². The Morgan fingerprint density at radius 3 is 2.96 bits per heavy atom. The highest BCUT2D eigenvalue weighted by molar-refractivity contribution is 5.85. The summed E-state index contributed by atoms with van der Waals surface area (Å²) in [5.41, 5.74) is 7.61. The summed E-state index contributed by atoms with van der Waals surface area (Å²) in [5.74, 6) is 0.869. The number of hydrogen-bond acceptors (Lipinski definition) is 5. The first-order chi connectivity index (χ1) is 11.6. The quantitative estimate of drug-likeness (QED) is 0.881. The molecule has 0 saturated heterocycles. The second-order valence-corrected chi connectivity index (χ2v) is 6.43. The van der Waals surface area contributed by atoms with Gasteiger partial charge in [-0.1, -0.05) is 36.7 Å². The Bertz CT molecular complexity index is 713. The van der Waals surface area contributed by atoms with Crippen LogP contribution in [0, 0.1) is 0 Å². The Morgan fingerprint density at radius 1 is 1.42 bits per heavy atom. The molecule has 1 aliphatic heterocycles. The average Bonchev–Trinajstić information content (AvgIpc) is 3.02. The van der Waals surface area contributed by atoms with Gasteiger partial charge in [0.15, 0.2) is 5.82 Å². The predicted molar refractivity (Wildman–Crippen MR) is 91.5 cm³/mol. The summed E-state index contributed by atoms with van der Waals surface area (Å²) in [4.78, 5) is 18.5. The largest absolute Gasteiger partial charge is 0.369 e. The molecule has 24 heavy (non-hydrogen) atoms. The number of benzene rings is 1. The van der Waals surface area contributed by atoms with Crippen molar-refractivity contribution in [3.05, 3.63) is 41.5 Å². The fourth-order valence-corrected chi connectivity index (χ4v) is 3.32. The van der Waals surface area contributed by atoms with E-state index >= 15 is 0 Å². The molecule has 0 fully saturated rings. The number of nitrogens with two attached hydrogens (primary N) is 1. The van der Waals surface area contributed by atoms with Crippen molar-refractivity contribution in [1.29, 1.82) is 0 Å². The zero-order valence-electron chi connectivity index (χ0n) is 14.2. The molecule has 2 unspecified atom stereocenters. The maximum absolute atomic E-state index is 11.8. The Morgan fingerprint density at radius 2 is 2.21 bits per heavy atom. The molecular formula is C18H24N4O2. The second kappa shape index (κ2) is 7.03. The summed E-state index contributed by atoms with van der Waals surface area (Å²) in [6.07, 6.45) is 3.67. The molecule has 2 atom stereocenters. The van der Waals surface area contributed by atoms with E-state index in [0.29, 0.717) is 24.7 Å². The summed E-state index contributed by atoms with van der Waals surface area (Å²) in [7, 11) is 0. The van der Waals surface area contributed by atoms with E-state index in [1.165, 1.54) is 0 Å². The van der Waals surface area contributed by atoms with Crippen molar-refractivity contribution in [2.45, 2.75) is 58.0 Å². The minimum Gasteiger partial charge on any atom is -0.369 e. The van der Waals surface area contributed by atoms with Crippen molar-refractivity contribution in [2.24, 2.45) is 5.73 Å². The van der Waals surface area contributed by atoms with Gasteiger partial charge in [-0.25, -0.2) is 0 Å². The Kier molecular flexibility index (Phi) is 4.83. The molecule has 1 aromatic carbocycles. The molecule has 128 valence electrons. The van der Waals surface area contributed by atoms with Crippen molar-refractivity contribution in [1.82, 2.24) is 10.1 Å². The lowest BCUT2D eigenvalue weighted by molar-refractivity contribution is -0.119. The molecule has 3 rings (SSSR count). The van der Waals surface area contributed by atoms with Crippen LogP contribution in [0.4, 0.5) is 5.69 Å². The number of fused-ring (bicyclic) bond motifs is 1. The highest BCUT2D eigenvalue weighted by Gasteiger charge is 2.33. The molecule has 2 aromatic rings. The fourth-order valence-electron chi connectivity index (χ4n) is 3.32. The van der Waals surface area contributed by atoms with Crippen LogP contribution in [0.15, 0.2) is 28.8 Å². The average molecular weight is 328 g/mol. The van der Waals surface area contributed by atoms with Crippen LogP contribution in [-0.4, -0.2) is 22.1 Å². The molecule has 6 nitrogen and oxygen atoms in total. The Hall–Kier alpha value is -2.37. The van der Waals surface area contributed by atoms with E-state index < -0.39 is 0 Å². The first-order valence-electron chi connectivity index (χ1n) is 8.56. The highest BCUT2D eigenvalue weighted by Crippen LogP contribution is 2.38. The summed E-state index contributed by atoms with van der Waals surface area (Å²) < 4.78 is 5.33. The van der Waals surface area contributed by atoms with E-state index in [1.54, 1.807) is 0 Å². The van der Waals surface area contributed by atoms with E-state index in [0.717, 1.165) is 30.5 Å². The molecule has 1 aromatic heterocycles. The first-order valence-corrected chi connectivity index (χ1v) is 8.56. The number of carbonyl (C=O) groups excluding carboxylic acids is 1. The number of unbranched alkanes of at least 4 members (excludes halogenated alkanes) is 1. The minimum absolute atomic E-state index is 0.176. The van der Waals surface area contributed by atoms with E-state index in [2.05, 4.69) is 28.9 Å². The number of carbonyl (C=O) groups is 1. The van der Waals surface area contributed by atoms with Gasteiger partial charge in [0.1, 0.15) is 0 Å². The van der Waals surface area contributed by atoms with Crippen LogP contribution in [0.25, 0.3) is 0 Å². The lowest BCUT2D eigenvalue weighted by atomic mass is 9.85. The first kappa shape index (κ1) is 16.5. The van der Waals surface area contributed by atoms with Crippen LogP contribution < -0.4 is 10.6 Å². The van der Waals surface area contributed by atoms with E-state index in [-0.39, 0.29) is 17.9 Å². The van der Waals surface area contributed by atoms with Crippen molar-refractivity contribution in [3.8, 4) is 0 Å². The summed E-state index contributed by atoms with van der Waals surface area (Å²) in [5, 5.41) is 4.11. The SMILES string of the molecule is CCCCc1nc(CN2c3ccccc3C(C(N)=O)CC2C)no1. The Balaban J connectivity index is 1.83. The van der Waals surface area contributed by atoms with Crippen LogP contribution >= 0.6 is 0 Å². The number of rotatable bonds is 6. The molecule has 0 radical (unpaired) electrons. The van der Waals surface area contributed by atoms with Gasteiger partial charge in [0.25, 0.3) is 0 Å². The number of anilines is 1. The molecule has 0 spiro atoms. The third kappa shape index (κ3) is 3.27.